The first-order chi connectivity index (χ1) is 5.18. The maximum Gasteiger partial charge on any atom is 0.108 e. The zero-order valence-corrected chi connectivity index (χ0v) is 7.61. The van der Waals surface area contributed by atoms with E-state index in [1.807, 2.05) is 0 Å². The number of hydrogen-bond donors (Lipinski definition) is 2. The highest BCUT2D eigenvalue weighted by molar-refractivity contribution is 7.15. The standard InChI is InChI=1S/C7H13N3S/c1-5(2)9-4-7-10-3-6(8)11-7/h3,5,9H,4,8H2,1-2H3. The number of rotatable bonds is 3. The molecular weight excluding hydrogens is 158 g/mol. The molecule has 0 aliphatic rings. The topological polar surface area (TPSA) is 50.9 Å². The molecule has 1 heterocycles. The van der Waals surface area contributed by atoms with Gasteiger partial charge in [-0.2, -0.15) is 0 Å². The second-order valence-corrected chi connectivity index (χ2v) is 3.84. The van der Waals surface area contributed by atoms with Crippen LogP contribution in [0.5, 0.6) is 0 Å². The Bertz CT molecular complexity index is 219. The average Bonchev–Trinajstić information content (AvgIpc) is 2.31. The number of hydrogen-bond acceptors (Lipinski definition) is 4. The summed E-state index contributed by atoms with van der Waals surface area (Å²) in [6.07, 6.45) is 1.70. The number of nitrogens with two attached hydrogens (primary N) is 1. The van der Waals surface area contributed by atoms with Crippen LogP contribution >= 0.6 is 11.3 Å². The molecule has 3 N–H and O–H groups in total. The number of anilines is 1. The quantitative estimate of drug-likeness (QED) is 0.719. The van der Waals surface area contributed by atoms with Gasteiger partial charge >= 0.3 is 0 Å². The SMILES string of the molecule is CC(C)NCc1ncc(N)s1. The van der Waals surface area contributed by atoms with E-state index >= 15 is 0 Å². The molecule has 1 aromatic rings. The van der Waals surface area contributed by atoms with Crippen molar-refractivity contribution >= 4 is 16.3 Å². The molecule has 1 rings (SSSR count). The fourth-order valence-corrected chi connectivity index (χ4v) is 1.34. The van der Waals surface area contributed by atoms with E-state index in [-0.39, 0.29) is 0 Å². The number of aromatic nitrogens is 1. The molecule has 4 heteroatoms. The smallest absolute Gasteiger partial charge is 0.108 e. The molecule has 0 saturated heterocycles. The second-order valence-electron chi connectivity index (χ2n) is 2.69. The van der Waals surface area contributed by atoms with Gasteiger partial charge in [-0.25, -0.2) is 4.98 Å². The molecule has 0 aliphatic carbocycles. The first kappa shape index (κ1) is 8.49. The molecule has 0 fully saturated rings. The largest absolute Gasteiger partial charge is 0.389 e. The maximum atomic E-state index is 5.51. The van der Waals surface area contributed by atoms with Crippen molar-refractivity contribution in [2.24, 2.45) is 0 Å². The van der Waals surface area contributed by atoms with E-state index < -0.39 is 0 Å². The Labute approximate surface area is 70.6 Å². The lowest BCUT2D eigenvalue weighted by atomic mass is 10.4. The summed E-state index contributed by atoms with van der Waals surface area (Å²) in [6, 6.07) is 0.500. The van der Waals surface area contributed by atoms with Gasteiger partial charge in [-0.15, -0.1) is 11.3 Å². The van der Waals surface area contributed by atoms with Crippen LogP contribution in [-0.4, -0.2) is 11.0 Å². The minimum Gasteiger partial charge on any atom is -0.389 e. The summed E-state index contributed by atoms with van der Waals surface area (Å²) in [5.41, 5.74) is 5.51. The minimum atomic E-state index is 0.500. The van der Waals surface area contributed by atoms with Crippen LogP contribution in [0.4, 0.5) is 5.00 Å². The lowest BCUT2D eigenvalue weighted by Crippen LogP contribution is -2.21. The third-order valence-corrected chi connectivity index (χ3v) is 2.06. The fraction of sp³-hybridized carbons (Fsp3) is 0.571. The van der Waals surface area contributed by atoms with Crippen molar-refractivity contribution in [3.05, 3.63) is 11.2 Å². The molecule has 1 aromatic heterocycles. The van der Waals surface area contributed by atoms with Crippen LogP contribution in [0.1, 0.15) is 18.9 Å². The molecular formula is C7H13N3S. The van der Waals surface area contributed by atoms with Crippen LogP contribution in [0, 0.1) is 0 Å². The maximum absolute atomic E-state index is 5.51. The highest BCUT2D eigenvalue weighted by Crippen LogP contribution is 2.13. The average molecular weight is 171 g/mol. The highest BCUT2D eigenvalue weighted by atomic mass is 32.1. The van der Waals surface area contributed by atoms with Gasteiger partial charge in [0.25, 0.3) is 0 Å². The number of nitrogen functional groups attached to an aromatic ring is 1. The van der Waals surface area contributed by atoms with E-state index in [9.17, 15) is 0 Å². The summed E-state index contributed by atoms with van der Waals surface area (Å²) in [6.45, 7) is 5.04. The molecule has 11 heavy (non-hydrogen) atoms. The molecule has 0 radical (unpaired) electrons. The van der Waals surface area contributed by atoms with Gasteiger partial charge in [0.05, 0.1) is 6.20 Å². The van der Waals surface area contributed by atoms with Crippen molar-refractivity contribution in [1.82, 2.24) is 10.3 Å². The Morgan fingerprint density at radius 2 is 2.45 bits per heavy atom. The third-order valence-electron chi connectivity index (χ3n) is 1.23. The second kappa shape index (κ2) is 3.69. The molecule has 0 aliphatic heterocycles. The Balaban J connectivity index is 2.39. The van der Waals surface area contributed by atoms with E-state index in [2.05, 4.69) is 24.1 Å². The van der Waals surface area contributed by atoms with E-state index in [1.165, 1.54) is 11.3 Å². The van der Waals surface area contributed by atoms with E-state index in [4.69, 9.17) is 5.73 Å². The van der Waals surface area contributed by atoms with Crippen LogP contribution in [0.3, 0.4) is 0 Å². The van der Waals surface area contributed by atoms with Crippen molar-refractivity contribution in [2.45, 2.75) is 26.4 Å². The van der Waals surface area contributed by atoms with Gasteiger partial charge in [0.2, 0.25) is 0 Å². The van der Waals surface area contributed by atoms with E-state index in [0.717, 1.165) is 16.6 Å². The minimum absolute atomic E-state index is 0.500. The highest BCUT2D eigenvalue weighted by Gasteiger charge is 1.98. The van der Waals surface area contributed by atoms with Crippen LogP contribution in [0.15, 0.2) is 6.20 Å². The fourth-order valence-electron chi connectivity index (χ4n) is 0.698. The van der Waals surface area contributed by atoms with Crippen molar-refractivity contribution in [2.75, 3.05) is 5.73 Å². The zero-order chi connectivity index (χ0) is 8.27. The van der Waals surface area contributed by atoms with Crippen LogP contribution in [0.25, 0.3) is 0 Å². The Kier molecular flexibility index (Phi) is 2.84. The first-order valence-corrected chi connectivity index (χ1v) is 4.43. The Morgan fingerprint density at radius 3 is 2.91 bits per heavy atom. The first-order valence-electron chi connectivity index (χ1n) is 3.62. The molecule has 0 aromatic carbocycles. The van der Waals surface area contributed by atoms with Gasteiger partial charge in [-0.05, 0) is 0 Å². The molecule has 3 nitrogen and oxygen atoms in total. The van der Waals surface area contributed by atoms with Gasteiger partial charge in [-0.1, -0.05) is 13.8 Å². The Morgan fingerprint density at radius 1 is 1.73 bits per heavy atom. The van der Waals surface area contributed by atoms with Crippen molar-refractivity contribution in [1.29, 1.82) is 0 Å². The molecule has 0 amide bonds. The predicted octanol–water partition coefficient (Wildman–Crippen LogP) is 1.22. The zero-order valence-electron chi connectivity index (χ0n) is 6.79. The third kappa shape index (κ3) is 2.86. The summed E-state index contributed by atoms with van der Waals surface area (Å²) in [4.78, 5) is 4.12. The molecule has 0 spiro atoms. The van der Waals surface area contributed by atoms with Crippen molar-refractivity contribution in [3.8, 4) is 0 Å². The van der Waals surface area contributed by atoms with Crippen LogP contribution in [-0.2, 0) is 6.54 Å². The predicted molar refractivity (Wildman–Crippen MR) is 48.5 cm³/mol. The van der Waals surface area contributed by atoms with Gasteiger partial charge in [0.1, 0.15) is 10.0 Å². The van der Waals surface area contributed by atoms with Crippen LogP contribution < -0.4 is 11.1 Å². The van der Waals surface area contributed by atoms with Gasteiger partial charge in [0.15, 0.2) is 0 Å². The normalized spacial score (nSPS) is 10.8. The van der Waals surface area contributed by atoms with Gasteiger partial charge in [0, 0.05) is 12.6 Å². The van der Waals surface area contributed by atoms with Gasteiger partial charge in [-0.3, -0.25) is 0 Å². The summed E-state index contributed by atoms with van der Waals surface area (Å²) < 4.78 is 0. The van der Waals surface area contributed by atoms with Gasteiger partial charge < -0.3 is 11.1 Å². The van der Waals surface area contributed by atoms with Crippen molar-refractivity contribution < 1.29 is 0 Å². The number of nitrogens with zero attached hydrogens (tertiary/aromatic N) is 1. The molecule has 0 bridgehead atoms. The number of nitrogens with one attached hydrogen (secondary N) is 1. The molecule has 0 unspecified atom stereocenters. The Hall–Kier alpha value is -0.610. The molecule has 62 valence electrons. The van der Waals surface area contributed by atoms with Crippen LogP contribution in [0.2, 0.25) is 0 Å². The lowest BCUT2D eigenvalue weighted by Gasteiger charge is -2.03. The summed E-state index contributed by atoms with van der Waals surface area (Å²) in [5, 5.41) is 5.10. The van der Waals surface area contributed by atoms with Crippen molar-refractivity contribution in [3.63, 3.8) is 0 Å². The van der Waals surface area contributed by atoms with E-state index in [1.54, 1.807) is 6.20 Å². The summed E-state index contributed by atoms with van der Waals surface area (Å²) in [5.74, 6) is 0. The molecule has 0 saturated carbocycles. The van der Waals surface area contributed by atoms with E-state index in [0.29, 0.717) is 6.04 Å². The monoisotopic (exact) mass is 171 g/mol. The number of thiazole rings is 1. The lowest BCUT2D eigenvalue weighted by molar-refractivity contribution is 0.587. The molecule has 0 atom stereocenters. The summed E-state index contributed by atoms with van der Waals surface area (Å²) in [7, 11) is 0. The summed E-state index contributed by atoms with van der Waals surface area (Å²) >= 11 is 1.53.